The fourth-order valence-electron chi connectivity index (χ4n) is 4.03. The second kappa shape index (κ2) is 13.1. The standard InChI is InChI=1S/C30H34N4O2S/c1-4-5-6-8-23-13-15-25(16-14-23)29(35)31-20-28-32-33-30(34(28)26-17-11-22(2)12-18-26)37-21-24-9-7-10-27(19-24)36-3/h7,9-19H,4-6,8,20-21H2,1-3H3,(H,31,35). The van der Waals surface area contributed by atoms with Gasteiger partial charge in [-0.3, -0.25) is 9.36 Å². The SMILES string of the molecule is CCCCCc1ccc(C(=O)NCc2nnc(SCc3cccc(OC)c3)n2-c2ccc(C)cc2)cc1. The largest absolute Gasteiger partial charge is 0.497 e. The number of ether oxygens (including phenoxy) is 1. The van der Waals surface area contributed by atoms with Gasteiger partial charge in [-0.2, -0.15) is 0 Å². The van der Waals surface area contributed by atoms with Crippen molar-refractivity contribution < 1.29 is 9.53 Å². The number of hydrogen-bond acceptors (Lipinski definition) is 5. The molecular weight excluding hydrogens is 480 g/mol. The van der Waals surface area contributed by atoms with Gasteiger partial charge in [0.15, 0.2) is 11.0 Å². The molecule has 0 radical (unpaired) electrons. The first-order valence-electron chi connectivity index (χ1n) is 12.7. The van der Waals surface area contributed by atoms with E-state index in [1.54, 1.807) is 18.9 Å². The molecule has 0 aliphatic rings. The molecule has 4 rings (SSSR count). The van der Waals surface area contributed by atoms with E-state index < -0.39 is 0 Å². The maximum absolute atomic E-state index is 12.9. The van der Waals surface area contributed by atoms with Gasteiger partial charge < -0.3 is 10.1 Å². The smallest absolute Gasteiger partial charge is 0.251 e. The van der Waals surface area contributed by atoms with Gasteiger partial charge in [-0.15, -0.1) is 10.2 Å². The Balaban J connectivity index is 1.48. The number of benzene rings is 3. The lowest BCUT2D eigenvalue weighted by atomic mass is 10.1. The number of carbonyl (C=O) groups is 1. The van der Waals surface area contributed by atoms with E-state index in [0.29, 0.717) is 11.4 Å². The van der Waals surface area contributed by atoms with E-state index >= 15 is 0 Å². The van der Waals surface area contributed by atoms with Gasteiger partial charge in [-0.1, -0.05) is 73.5 Å². The number of methoxy groups -OCH3 is 1. The lowest BCUT2D eigenvalue weighted by molar-refractivity contribution is 0.0949. The molecule has 6 nitrogen and oxygen atoms in total. The molecule has 0 aliphatic carbocycles. The van der Waals surface area contributed by atoms with Crippen LogP contribution in [0.2, 0.25) is 0 Å². The highest BCUT2D eigenvalue weighted by atomic mass is 32.2. The van der Waals surface area contributed by atoms with Crippen molar-refractivity contribution in [2.24, 2.45) is 0 Å². The number of amides is 1. The van der Waals surface area contributed by atoms with Gasteiger partial charge in [0, 0.05) is 17.0 Å². The summed E-state index contributed by atoms with van der Waals surface area (Å²) < 4.78 is 7.37. The van der Waals surface area contributed by atoms with Crippen molar-refractivity contribution in [2.45, 2.75) is 57.0 Å². The molecule has 1 N–H and O–H groups in total. The summed E-state index contributed by atoms with van der Waals surface area (Å²) in [5.41, 5.74) is 5.19. The normalized spacial score (nSPS) is 10.9. The Morgan fingerprint density at radius 3 is 2.49 bits per heavy atom. The zero-order valence-corrected chi connectivity index (χ0v) is 22.6. The van der Waals surface area contributed by atoms with Gasteiger partial charge in [-0.25, -0.2) is 0 Å². The Morgan fingerprint density at radius 2 is 1.76 bits per heavy atom. The summed E-state index contributed by atoms with van der Waals surface area (Å²) in [4.78, 5) is 12.9. The van der Waals surface area contributed by atoms with Gasteiger partial charge in [0.25, 0.3) is 5.91 Å². The van der Waals surface area contributed by atoms with Crippen LogP contribution in [-0.2, 0) is 18.7 Å². The molecule has 0 atom stereocenters. The van der Waals surface area contributed by atoms with Gasteiger partial charge >= 0.3 is 0 Å². The molecule has 0 bridgehead atoms. The quantitative estimate of drug-likeness (QED) is 0.172. The number of nitrogens with one attached hydrogen (secondary N) is 1. The van der Waals surface area contributed by atoms with E-state index in [4.69, 9.17) is 4.74 Å². The van der Waals surface area contributed by atoms with Crippen molar-refractivity contribution in [3.63, 3.8) is 0 Å². The first-order valence-corrected chi connectivity index (χ1v) is 13.7. The third-order valence-corrected chi connectivity index (χ3v) is 7.19. The van der Waals surface area contributed by atoms with Crippen molar-refractivity contribution in [3.05, 3.63) is 101 Å². The van der Waals surface area contributed by atoms with Gasteiger partial charge in [0.05, 0.1) is 13.7 Å². The first kappa shape index (κ1) is 26.5. The summed E-state index contributed by atoms with van der Waals surface area (Å²) in [6.07, 6.45) is 4.65. The molecule has 1 amide bonds. The van der Waals surface area contributed by atoms with Crippen LogP contribution in [0, 0.1) is 6.92 Å². The summed E-state index contributed by atoms with van der Waals surface area (Å²) in [6, 6.07) is 24.1. The summed E-state index contributed by atoms with van der Waals surface area (Å²) in [6.45, 7) is 4.54. The minimum Gasteiger partial charge on any atom is -0.497 e. The second-order valence-electron chi connectivity index (χ2n) is 9.05. The number of nitrogens with zero attached hydrogens (tertiary/aromatic N) is 3. The average Bonchev–Trinajstić information content (AvgIpc) is 3.34. The number of rotatable bonds is 12. The summed E-state index contributed by atoms with van der Waals surface area (Å²) in [5.74, 6) is 2.11. The van der Waals surface area contributed by atoms with E-state index in [9.17, 15) is 4.79 Å². The highest BCUT2D eigenvalue weighted by molar-refractivity contribution is 7.98. The molecule has 0 fully saturated rings. The molecule has 37 heavy (non-hydrogen) atoms. The van der Waals surface area contributed by atoms with Crippen molar-refractivity contribution in [3.8, 4) is 11.4 Å². The minimum absolute atomic E-state index is 0.121. The third kappa shape index (κ3) is 7.23. The number of aryl methyl sites for hydroxylation is 2. The number of carbonyl (C=O) groups excluding carboxylic acids is 1. The Morgan fingerprint density at radius 1 is 0.973 bits per heavy atom. The molecule has 0 saturated heterocycles. The van der Waals surface area contributed by atoms with Gasteiger partial charge in [0.1, 0.15) is 5.75 Å². The lowest BCUT2D eigenvalue weighted by Crippen LogP contribution is -2.24. The molecule has 0 saturated carbocycles. The van der Waals surface area contributed by atoms with Crippen LogP contribution in [0.15, 0.2) is 78.0 Å². The second-order valence-corrected chi connectivity index (χ2v) is 9.99. The van der Waals surface area contributed by atoms with Crippen LogP contribution >= 0.6 is 11.8 Å². The van der Waals surface area contributed by atoms with Crippen LogP contribution in [0.4, 0.5) is 0 Å². The highest BCUT2D eigenvalue weighted by Gasteiger charge is 2.16. The fourth-order valence-corrected chi connectivity index (χ4v) is 4.95. The highest BCUT2D eigenvalue weighted by Crippen LogP contribution is 2.27. The molecule has 1 aromatic heterocycles. The van der Waals surface area contributed by atoms with Crippen molar-refractivity contribution in [1.29, 1.82) is 0 Å². The molecule has 7 heteroatoms. The predicted molar refractivity (Wildman–Crippen MR) is 149 cm³/mol. The topological polar surface area (TPSA) is 69.0 Å². The Hall–Kier alpha value is -3.58. The fraction of sp³-hybridized carbons (Fsp3) is 0.300. The zero-order chi connectivity index (χ0) is 26.0. The Bertz CT molecular complexity index is 1300. The average molecular weight is 515 g/mol. The van der Waals surface area contributed by atoms with E-state index in [2.05, 4.69) is 59.7 Å². The maximum Gasteiger partial charge on any atom is 0.251 e. The van der Waals surface area contributed by atoms with Crippen LogP contribution in [0.1, 0.15) is 59.1 Å². The summed E-state index contributed by atoms with van der Waals surface area (Å²) in [5, 5.41) is 12.7. The minimum atomic E-state index is -0.121. The molecule has 1 heterocycles. The van der Waals surface area contributed by atoms with Crippen LogP contribution in [0.5, 0.6) is 5.75 Å². The number of hydrogen-bond donors (Lipinski definition) is 1. The molecule has 0 unspecified atom stereocenters. The molecule has 0 aliphatic heterocycles. The van der Waals surface area contributed by atoms with Gasteiger partial charge in [0.2, 0.25) is 0 Å². The number of thioether (sulfide) groups is 1. The van der Waals surface area contributed by atoms with Crippen LogP contribution in [-0.4, -0.2) is 27.8 Å². The van der Waals surface area contributed by atoms with E-state index in [-0.39, 0.29) is 12.5 Å². The maximum atomic E-state index is 12.9. The Labute approximate surface area is 223 Å². The van der Waals surface area contributed by atoms with Crippen LogP contribution < -0.4 is 10.1 Å². The predicted octanol–water partition coefficient (Wildman–Crippen LogP) is 6.54. The third-order valence-electron chi connectivity index (χ3n) is 6.19. The van der Waals surface area contributed by atoms with E-state index in [0.717, 1.165) is 34.3 Å². The number of aromatic nitrogens is 3. The van der Waals surface area contributed by atoms with E-state index in [1.807, 2.05) is 47.0 Å². The molecular formula is C30H34N4O2S. The summed E-state index contributed by atoms with van der Waals surface area (Å²) >= 11 is 1.60. The van der Waals surface area contributed by atoms with Gasteiger partial charge in [-0.05, 0) is 67.3 Å². The lowest BCUT2D eigenvalue weighted by Gasteiger charge is -2.12. The number of unbranched alkanes of at least 4 members (excludes halogenated alkanes) is 2. The molecule has 4 aromatic rings. The monoisotopic (exact) mass is 514 g/mol. The van der Waals surface area contributed by atoms with Crippen molar-refractivity contribution in [1.82, 2.24) is 20.1 Å². The first-order chi connectivity index (χ1) is 18.1. The van der Waals surface area contributed by atoms with Crippen LogP contribution in [0.25, 0.3) is 5.69 Å². The summed E-state index contributed by atoms with van der Waals surface area (Å²) in [7, 11) is 1.67. The molecule has 192 valence electrons. The van der Waals surface area contributed by atoms with Crippen LogP contribution in [0.3, 0.4) is 0 Å². The van der Waals surface area contributed by atoms with E-state index in [1.165, 1.54) is 30.4 Å². The zero-order valence-electron chi connectivity index (χ0n) is 21.7. The Kier molecular flexibility index (Phi) is 9.38. The molecule has 0 spiro atoms. The molecule has 3 aromatic carbocycles. The van der Waals surface area contributed by atoms with Crippen molar-refractivity contribution in [2.75, 3.05) is 7.11 Å². The van der Waals surface area contributed by atoms with Crippen molar-refractivity contribution >= 4 is 17.7 Å².